The molecule has 1 heterocycles. The second-order valence-electron chi connectivity index (χ2n) is 3.91. The van der Waals surface area contributed by atoms with Gasteiger partial charge in [0.1, 0.15) is 0 Å². The SMILES string of the molecule is CCOC(CNC(C)Cn1ccnc1)OCC. The highest BCUT2D eigenvalue weighted by molar-refractivity contribution is 4.76. The molecule has 0 spiro atoms. The highest BCUT2D eigenvalue weighted by atomic mass is 16.7. The first-order chi connectivity index (χ1) is 8.26. The first-order valence-corrected chi connectivity index (χ1v) is 6.18. The lowest BCUT2D eigenvalue weighted by atomic mass is 10.3. The van der Waals surface area contributed by atoms with Crippen LogP contribution in [-0.4, -0.2) is 41.6 Å². The summed E-state index contributed by atoms with van der Waals surface area (Å²) in [7, 11) is 0. The lowest BCUT2D eigenvalue weighted by molar-refractivity contribution is -0.133. The number of aromatic nitrogens is 2. The monoisotopic (exact) mass is 241 g/mol. The quantitative estimate of drug-likeness (QED) is 0.661. The van der Waals surface area contributed by atoms with Crippen LogP contribution in [-0.2, 0) is 16.0 Å². The summed E-state index contributed by atoms with van der Waals surface area (Å²) in [5.74, 6) is 0. The van der Waals surface area contributed by atoms with Crippen molar-refractivity contribution >= 4 is 0 Å². The number of hydrogen-bond donors (Lipinski definition) is 1. The Labute approximate surface area is 103 Å². The van der Waals surface area contributed by atoms with E-state index in [0.717, 1.165) is 6.54 Å². The van der Waals surface area contributed by atoms with Gasteiger partial charge in [-0.3, -0.25) is 0 Å². The predicted octanol–water partition coefficient (Wildman–Crippen LogP) is 1.26. The van der Waals surface area contributed by atoms with Gasteiger partial charge in [-0.05, 0) is 20.8 Å². The summed E-state index contributed by atoms with van der Waals surface area (Å²) in [5.41, 5.74) is 0. The molecule has 0 aliphatic heterocycles. The zero-order valence-electron chi connectivity index (χ0n) is 10.9. The largest absolute Gasteiger partial charge is 0.352 e. The lowest BCUT2D eigenvalue weighted by Crippen LogP contribution is -2.38. The molecule has 0 fully saturated rings. The minimum Gasteiger partial charge on any atom is -0.352 e. The molecule has 1 atom stereocenters. The Hall–Kier alpha value is -0.910. The van der Waals surface area contributed by atoms with Crippen molar-refractivity contribution < 1.29 is 9.47 Å². The summed E-state index contributed by atoms with van der Waals surface area (Å²) in [5, 5.41) is 3.39. The molecule has 1 rings (SSSR count). The first-order valence-electron chi connectivity index (χ1n) is 6.18. The van der Waals surface area contributed by atoms with E-state index in [1.54, 1.807) is 6.20 Å². The third-order valence-corrected chi connectivity index (χ3v) is 2.38. The van der Waals surface area contributed by atoms with E-state index in [2.05, 4.69) is 17.2 Å². The Bertz CT molecular complexity index is 271. The maximum Gasteiger partial charge on any atom is 0.169 e. The molecule has 0 aliphatic rings. The van der Waals surface area contributed by atoms with Gasteiger partial charge in [-0.25, -0.2) is 4.98 Å². The molecule has 1 N–H and O–H groups in total. The average molecular weight is 241 g/mol. The van der Waals surface area contributed by atoms with E-state index in [4.69, 9.17) is 9.47 Å². The van der Waals surface area contributed by atoms with Crippen molar-refractivity contribution in [2.75, 3.05) is 19.8 Å². The highest BCUT2D eigenvalue weighted by Gasteiger charge is 2.09. The van der Waals surface area contributed by atoms with Crippen LogP contribution in [0.15, 0.2) is 18.7 Å². The summed E-state index contributed by atoms with van der Waals surface area (Å²) in [6.45, 7) is 9.02. The molecule has 0 radical (unpaired) electrons. The van der Waals surface area contributed by atoms with Crippen LogP contribution >= 0.6 is 0 Å². The van der Waals surface area contributed by atoms with Gasteiger partial charge in [-0.1, -0.05) is 0 Å². The zero-order chi connectivity index (χ0) is 12.5. The van der Waals surface area contributed by atoms with Gasteiger partial charge in [-0.2, -0.15) is 0 Å². The van der Waals surface area contributed by atoms with Crippen molar-refractivity contribution in [3.05, 3.63) is 18.7 Å². The second kappa shape index (κ2) is 8.22. The highest BCUT2D eigenvalue weighted by Crippen LogP contribution is 1.96. The minimum absolute atomic E-state index is 0.157. The first kappa shape index (κ1) is 14.2. The van der Waals surface area contributed by atoms with Crippen molar-refractivity contribution in [1.82, 2.24) is 14.9 Å². The average Bonchev–Trinajstić information content (AvgIpc) is 2.79. The van der Waals surface area contributed by atoms with Gasteiger partial charge in [0, 0.05) is 44.7 Å². The van der Waals surface area contributed by atoms with Gasteiger partial charge < -0.3 is 19.4 Å². The molecule has 0 saturated heterocycles. The molecule has 0 amide bonds. The molecule has 98 valence electrons. The number of nitrogens with zero attached hydrogens (tertiary/aromatic N) is 2. The topological polar surface area (TPSA) is 48.3 Å². The third kappa shape index (κ3) is 5.81. The van der Waals surface area contributed by atoms with Gasteiger partial charge in [0.2, 0.25) is 0 Å². The maximum absolute atomic E-state index is 5.46. The Morgan fingerprint density at radius 1 is 1.29 bits per heavy atom. The number of imidazole rings is 1. The summed E-state index contributed by atoms with van der Waals surface area (Å²) in [6, 6.07) is 0.354. The molecular weight excluding hydrogens is 218 g/mol. The normalized spacial score (nSPS) is 13.2. The minimum atomic E-state index is -0.157. The zero-order valence-corrected chi connectivity index (χ0v) is 10.9. The van der Waals surface area contributed by atoms with Crippen LogP contribution in [0.4, 0.5) is 0 Å². The van der Waals surface area contributed by atoms with E-state index in [1.165, 1.54) is 0 Å². The molecule has 0 saturated carbocycles. The third-order valence-electron chi connectivity index (χ3n) is 2.38. The van der Waals surface area contributed by atoms with Crippen molar-refractivity contribution in [3.8, 4) is 0 Å². The van der Waals surface area contributed by atoms with Crippen LogP contribution in [0.5, 0.6) is 0 Å². The van der Waals surface area contributed by atoms with Crippen LogP contribution in [0.1, 0.15) is 20.8 Å². The van der Waals surface area contributed by atoms with E-state index in [-0.39, 0.29) is 6.29 Å². The smallest absolute Gasteiger partial charge is 0.169 e. The molecule has 1 aromatic heterocycles. The van der Waals surface area contributed by atoms with E-state index >= 15 is 0 Å². The van der Waals surface area contributed by atoms with Crippen LogP contribution in [0.3, 0.4) is 0 Å². The number of rotatable bonds is 9. The fraction of sp³-hybridized carbons (Fsp3) is 0.750. The molecule has 5 nitrogen and oxygen atoms in total. The predicted molar refractivity (Wildman–Crippen MR) is 66.7 cm³/mol. The van der Waals surface area contributed by atoms with E-state index in [9.17, 15) is 0 Å². The lowest BCUT2D eigenvalue weighted by Gasteiger charge is -2.20. The van der Waals surface area contributed by atoms with Crippen LogP contribution < -0.4 is 5.32 Å². The Morgan fingerprint density at radius 3 is 2.53 bits per heavy atom. The van der Waals surface area contributed by atoms with Crippen molar-refractivity contribution in [1.29, 1.82) is 0 Å². The van der Waals surface area contributed by atoms with Crippen LogP contribution in [0.2, 0.25) is 0 Å². The second-order valence-corrected chi connectivity index (χ2v) is 3.91. The molecular formula is C12H23N3O2. The fourth-order valence-corrected chi connectivity index (χ4v) is 1.61. The molecule has 0 bridgehead atoms. The molecule has 1 unspecified atom stereocenters. The summed E-state index contributed by atoms with van der Waals surface area (Å²) in [4.78, 5) is 4.02. The van der Waals surface area contributed by atoms with Crippen LogP contribution in [0.25, 0.3) is 0 Å². The Morgan fingerprint density at radius 2 is 2.00 bits per heavy atom. The van der Waals surface area contributed by atoms with Crippen LogP contribution in [0, 0.1) is 0 Å². The molecule has 1 aromatic rings. The van der Waals surface area contributed by atoms with Crippen molar-refractivity contribution in [2.45, 2.75) is 39.6 Å². The summed E-state index contributed by atoms with van der Waals surface area (Å²) in [6.07, 6.45) is 5.41. The molecule has 0 aromatic carbocycles. The van der Waals surface area contributed by atoms with Gasteiger partial charge in [0.15, 0.2) is 6.29 Å². The fourth-order valence-electron chi connectivity index (χ4n) is 1.61. The number of ether oxygens (including phenoxy) is 2. The number of hydrogen-bond acceptors (Lipinski definition) is 4. The van der Waals surface area contributed by atoms with Gasteiger partial charge in [0.25, 0.3) is 0 Å². The maximum atomic E-state index is 5.46. The molecule has 17 heavy (non-hydrogen) atoms. The molecule has 0 aliphatic carbocycles. The van der Waals surface area contributed by atoms with Gasteiger partial charge in [-0.15, -0.1) is 0 Å². The van der Waals surface area contributed by atoms with E-state index in [0.29, 0.717) is 25.8 Å². The van der Waals surface area contributed by atoms with Crippen molar-refractivity contribution in [3.63, 3.8) is 0 Å². The Kier molecular flexibility index (Phi) is 6.84. The van der Waals surface area contributed by atoms with E-state index < -0.39 is 0 Å². The standard InChI is InChI=1S/C12H23N3O2/c1-4-16-12(17-5-2)8-14-11(3)9-15-7-6-13-10-15/h6-7,10-12,14H,4-5,8-9H2,1-3H3. The van der Waals surface area contributed by atoms with E-state index in [1.807, 2.05) is 30.9 Å². The summed E-state index contributed by atoms with van der Waals surface area (Å²) < 4.78 is 13.0. The Balaban J connectivity index is 2.23. The molecule has 5 heteroatoms. The summed E-state index contributed by atoms with van der Waals surface area (Å²) >= 11 is 0. The van der Waals surface area contributed by atoms with Gasteiger partial charge in [0.05, 0.1) is 6.33 Å². The van der Waals surface area contributed by atoms with Crippen molar-refractivity contribution in [2.24, 2.45) is 0 Å². The number of nitrogens with one attached hydrogen (secondary N) is 1. The van der Waals surface area contributed by atoms with Gasteiger partial charge >= 0.3 is 0 Å².